The average Bonchev–Trinajstić information content (AvgIpc) is 3.43. The third-order valence-electron chi connectivity index (χ3n) is 5.07. The summed E-state index contributed by atoms with van der Waals surface area (Å²) >= 11 is 1.02. The van der Waals surface area contributed by atoms with Gasteiger partial charge in [0.05, 0.1) is 5.54 Å². The largest absolute Gasteiger partial charge is 0.342 e. The van der Waals surface area contributed by atoms with Crippen molar-refractivity contribution in [2.45, 2.75) is 25.3 Å². The number of aryl methyl sites for hydroxylation is 1. The zero-order chi connectivity index (χ0) is 18.1. The number of nitrogens with one attached hydrogen (secondary N) is 2. The molecule has 1 amide bonds. The van der Waals surface area contributed by atoms with Crippen LogP contribution in [0.25, 0.3) is 10.8 Å². The Morgan fingerprint density at radius 2 is 1.85 bits per heavy atom. The maximum Gasteiger partial charge on any atom is 0.252 e. The minimum atomic E-state index is -0.267. The van der Waals surface area contributed by atoms with Crippen molar-refractivity contribution in [3.05, 3.63) is 77.4 Å². The molecule has 26 heavy (non-hydrogen) atoms. The first kappa shape index (κ1) is 16.9. The molecule has 1 saturated carbocycles. The van der Waals surface area contributed by atoms with E-state index in [4.69, 9.17) is 5.14 Å². The van der Waals surface area contributed by atoms with E-state index in [0.29, 0.717) is 5.56 Å². The topological polar surface area (TPSA) is 67.1 Å². The monoisotopic (exact) mass is 363 g/mol. The summed E-state index contributed by atoms with van der Waals surface area (Å²) in [4.78, 5) is 13.0. The molecule has 4 nitrogen and oxygen atoms in total. The minimum absolute atomic E-state index is 0.0430. The Kier molecular flexibility index (Phi) is 4.34. The maximum absolute atomic E-state index is 13.0. The Bertz CT molecular complexity index is 977. The van der Waals surface area contributed by atoms with Gasteiger partial charge in [-0.15, -0.1) is 0 Å². The smallest absolute Gasteiger partial charge is 0.252 e. The van der Waals surface area contributed by atoms with Gasteiger partial charge in [0.2, 0.25) is 0 Å². The van der Waals surface area contributed by atoms with Crippen molar-refractivity contribution >= 4 is 34.5 Å². The lowest BCUT2D eigenvalue weighted by Gasteiger charge is -2.21. The predicted octanol–water partition coefficient (Wildman–Crippen LogP) is 4.50. The zero-order valence-corrected chi connectivity index (χ0v) is 15.4. The van der Waals surface area contributed by atoms with E-state index in [1.165, 1.54) is 16.3 Å². The van der Waals surface area contributed by atoms with E-state index in [2.05, 4.69) is 40.4 Å². The molecule has 1 aliphatic carbocycles. The second kappa shape index (κ2) is 6.67. The van der Waals surface area contributed by atoms with Crippen LogP contribution in [0.5, 0.6) is 0 Å². The lowest BCUT2D eigenvalue weighted by Crippen LogP contribution is -2.35. The Hall–Kier alpha value is -2.50. The van der Waals surface area contributed by atoms with E-state index in [-0.39, 0.29) is 11.4 Å². The summed E-state index contributed by atoms with van der Waals surface area (Å²) in [6, 6.07) is 20.4. The molecular formula is C21H21N3OS. The molecule has 4 rings (SSSR count). The molecule has 4 N–H and O–H groups in total. The van der Waals surface area contributed by atoms with Gasteiger partial charge in [-0.2, -0.15) is 0 Å². The first-order valence-corrected chi connectivity index (χ1v) is 9.54. The second-order valence-electron chi connectivity index (χ2n) is 6.81. The molecule has 1 fully saturated rings. The number of rotatable bonds is 5. The highest BCUT2D eigenvalue weighted by atomic mass is 32.2. The number of fused-ring (bicyclic) bond motifs is 1. The minimum Gasteiger partial charge on any atom is -0.342 e. The molecule has 0 aliphatic heterocycles. The lowest BCUT2D eigenvalue weighted by molar-refractivity contribution is 0.0930. The molecule has 0 radical (unpaired) electrons. The van der Waals surface area contributed by atoms with E-state index in [1.807, 2.05) is 37.3 Å². The van der Waals surface area contributed by atoms with E-state index in [1.54, 1.807) is 0 Å². The number of amides is 1. The normalized spacial score (nSPS) is 14.8. The van der Waals surface area contributed by atoms with Crippen molar-refractivity contribution in [2.75, 3.05) is 4.72 Å². The Morgan fingerprint density at radius 1 is 1.08 bits per heavy atom. The van der Waals surface area contributed by atoms with E-state index in [9.17, 15) is 4.79 Å². The third kappa shape index (κ3) is 3.04. The second-order valence-corrected chi connectivity index (χ2v) is 7.25. The summed E-state index contributed by atoms with van der Waals surface area (Å²) < 4.78 is 2.98. The van der Waals surface area contributed by atoms with Gasteiger partial charge in [-0.1, -0.05) is 48.5 Å². The Labute approximate surface area is 157 Å². The van der Waals surface area contributed by atoms with Crippen molar-refractivity contribution in [3.8, 4) is 0 Å². The van der Waals surface area contributed by atoms with Crippen LogP contribution >= 0.6 is 12.1 Å². The van der Waals surface area contributed by atoms with Crippen LogP contribution in [0.3, 0.4) is 0 Å². The fraction of sp³-hybridized carbons (Fsp3) is 0.190. The Balaban J connectivity index is 1.66. The number of benzene rings is 3. The third-order valence-corrected chi connectivity index (χ3v) is 5.42. The van der Waals surface area contributed by atoms with Gasteiger partial charge >= 0.3 is 0 Å². The van der Waals surface area contributed by atoms with Crippen molar-refractivity contribution in [1.29, 1.82) is 0 Å². The van der Waals surface area contributed by atoms with Crippen LogP contribution < -0.4 is 15.2 Å². The molecule has 3 aromatic rings. The van der Waals surface area contributed by atoms with Gasteiger partial charge in [-0.25, -0.2) is 0 Å². The molecule has 0 bridgehead atoms. The van der Waals surface area contributed by atoms with Gasteiger partial charge in [0, 0.05) is 23.4 Å². The van der Waals surface area contributed by atoms with Crippen LogP contribution in [-0.2, 0) is 5.54 Å². The first-order chi connectivity index (χ1) is 12.6. The fourth-order valence-corrected chi connectivity index (χ4v) is 3.78. The first-order valence-electron chi connectivity index (χ1n) is 8.66. The van der Waals surface area contributed by atoms with Gasteiger partial charge in [0.25, 0.3) is 5.91 Å². The van der Waals surface area contributed by atoms with Crippen LogP contribution in [0.15, 0.2) is 60.7 Å². The van der Waals surface area contributed by atoms with E-state index < -0.39 is 0 Å². The number of carbonyl (C=O) groups excluding carboxylic acids is 1. The molecule has 0 spiro atoms. The summed E-state index contributed by atoms with van der Waals surface area (Å²) in [5, 5.41) is 11.2. The van der Waals surface area contributed by atoms with Crippen molar-refractivity contribution < 1.29 is 4.79 Å². The molecule has 0 aromatic heterocycles. The molecule has 0 unspecified atom stereocenters. The Morgan fingerprint density at radius 3 is 2.62 bits per heavy atom. The van der Waals surface area contributed by atoms with Gasteiger partial charge in [0.1, 0.15) is 0 Å². The van der Waals surface area contributed by atoms with Gasteiger partial charge < -0.3 is 10.0 Å². The highest BCUT2D eigenvalue weighted by Gasteiger charge is 2.46. The molecule has 5 heteroatoms. The number of anilines is 1. The molecule has 3 aromatic carbocycles. The molecule has 0 atom stereocenters. The molecule has 1 aliphatic rings. The maximum atomic E-state index is 13.0. The van der Waals surface area contributed by atoms with E-state index in [0.717, 1.165) is 36.2 Å². The van der Waals surface area contributed by atoms with Gasteiger partial charge in [-0.05, 0) is 53.8 Å². The number of nitrogens with two attached hydrogens (primary N) is 1. The lowest BCUT2D eigenvalue weighted by atomic mass is 9.96. The summed E-state index contributed by atoms with van der Waals surface area (Å²) in [6.07, 6.45) is 1.92. The summed E-state index contributed by atoms with van der Waals surface area (Å²) in [6.45, 7) is 1.95. The quantitative estimate of drug-likeness (QED) is 0.584. The SMILES string of the molecule is Cc1ccc(NSN)cc1C(=O)NC1(c2cccc3ccccc23)CC1. The molecule has 132 valence electrons. The molecule has 0 heterocycles. The standard InChI is InChI=1S/C21H21N3OS/c1-14-9-10-16(24-26-22)13-18(14)20(25)23-21(11-12-21)19-8-4-6-15-5-2-3-7-17(15)19/h2-10,13,24H,11-12,22H2,1H3,(H,23,25). The molecule has 0 saturated heterocycles. The predicted molar refractivity (Wildman–Crippen MR) is 109 cm³/mol. The van der Waals surface area contributed by atoms with Crippen LogP contribution in [0.2, 0.25) is 0 Å². The van der Waals surface area contributed by atoms with Crippen LogP contribution in [0, 0.1) is 6.92 Å². The number of carbonyl (C=O) groups is 1. The van der Waals surface area contributed by atoms with Crippen molar-refractivity contribution in [1.82, 2.24) is 5.32 Å². The van der Waals surface area contributed by atoms with E-state index >= 15 is 0 Å². The molecular weight excluding hydrogens is 342 g/mol. The van der Waals surface area contributed by atoms with Gasteiger partial charge in [-0.3, -0.25) is 9.93 Å². The van der Waals surface area contributed by atoms with Crippen LogP contribution in [0.1, 0.15) is 34.3 Å². The van der Waals surface area contributed by atoms with Crippen molar-refractivity contribution in [2.24, 2.45) is 5.14 Å². The highest BCUT2D eigenvalue weighted by Crippen LogP contribution is 2.48. The fourth-order valence-electron chi connectivity index (χ4n) is 3.51. The number of hydrogen-bond acceptors (Lipinski definition) is 4. The van der Waals surface area contributed by atoms with Gasteiger partial charge in [0.15, 0.2) is 0 Å². The highest BCUT2D eigenvalue weighted by molar-refractivity contribution is 7.98. The zero-order valence-electron chi connectivity index (χ0n) is 14.6. The van der Waals surface area contributed by atoms with Crippen molar-refractivity contribution in [3.63, 3.8) is 0 Å². The summed E-state index contributed by atoms with van der Waals surface area (Å²) in [5.74, 6) is -0.0430. The average molecular weight is 363 g/mol. The van der Waals surface area contributed by atoms with Crippen LogP contribution in [0.4, 0.5) is 5.69 Å². The van der Waals surface area contributed by atoms with Crippen LogP contribution in [-0.4, -0.2) is 5.91 Å². The number of hydrogen-bond donors (Lipinski definition) is 3. The summed E-state index contributed by atoms with van der Waals surface area (Å²) in [7, 11) is 0. The summed E-state index contributed by atoms with van der Waals surface area (Å²) in [5.41, 5.74) is 3.38.